The highest BCUT2D eigenvalue weighted by Gasteiger charge is 2.59. The van der Waals surface area contributed by atoms with Crippen LogP contribution in [-0.2, 0) is 11.0 Å². The Balaban J connectivity index is 1.27. The lowest BCUT2D eigenvalue weighted by Crippen LogP contribution is -2.55. The topological polar surface area (TPSA) is 72.7 Å². The zero-order valence-electron chi connectivity index (χ0n) is 20.7. The molecule has 2 atom stereocenters. The van der Waals surface area contributed by atoms with E-state index < -0.39 is 23.0 Å². The van der Waals surface area contributed by atoms with Crippen LogP contribution in [0.3, 0.4) is 0 Å². The maximum absolute atomic E-state index is 13.6. The van der Waals surface area contributed by atoms with Gasteiger partial charge in [0.2, 0.25) is 0 Å². The first-order valence-electron chi connectivity index (χ1n) is 12.8. The summed E-state index contributed by atoms with van der Waals surface area (Å²) in [5.41, 5.74) is -2.31. The van der Waals surface area contributed by atoms with Crippen LogP contribution in [0.1, 0.15) is 56.2 Å². The van der Waals surface area contributed by atoms with Gasteiger partial charge in [-0.25, -0.2) is 4.98 Å². The lowest BCUT2D eigenvalue weighted by atomic mass is 9.75. The monoisotopic (exact) mass is 541 g/mol. The normalized spacial score (nSPS) is 26.6. The van der Waals surface area contributed by atoms with E-state index in [0.29, 0.717) is 30.6 Å². The van der Waals surface area contributed by atoms with E-state index in [1.165, 1.54) is 18.9 Å². The number of rotatable bonds is 4. The zero-order chi connectivity index (χ0) is 26.8. The van der Waals surface area contributed by atoms with E-state index >= 15 is 0 Å². The molecule has 4 aliphatic rings. The minimum absolute atomic E-state index is 0.0925. The Morgan fingerprint density at radius 1 is 1.13 bits per heavy atom. The Morgan fingerprint density at radius 2 is 1.79 bits per heavy atom. The van der Waals surface area contributed by atoms with Gasteiger partial charge in [-0.2, -0.15) is 18.4 Å². The van der Waals surface area contributed by atoms with Gasteiger partial charge in [0.15, 0.2) is 10.8 Å². The fourth-order valence-corrected chi connectivity index (χ4v) is 6.88. The fraction of sp³-hybridized carbons (Fsp3) is 0.481. The lowest BCUT2D eigenvalue weighted by molar-refractivity contribution is -0.138. The number of nitrogens with zero attached hydrogens (tertiary/aromatic N) is 5. The van der Waals surface area contributed by atoms with Crippen LogP contribution >= 0.6 is 12.2 Å². The molecule has 3 saturated heterocycles. The number of thiocarbonyl (C=S) groups is 1. The Morgan fingerprint density at radius 3 is 2.34 bits per heavy atom. The average molecular weight is 542 g/mol. The van der Waals surface area contributed by atoms with Crippen LogP contribution in [-0.4, -0.2) is 51.7 Å². The van der Waals surface area contributed by atoms with E-state index in [1.54, 1.807) is 4.90 Å². The molecule has 1 spiro atoms. The number of carbonyl (C=O) groups excluding carboxylic acids is 1. The molecule has 1 saturated carbocycles. The summed E-state index contributed by atoms with van der Waals surface area (Å²) in [5.74, 6) is 0.361. The van der Waals surface area contributed by atoms with Crippen LogP contribution in [0.15, 0.2) is 36.5 Å². The molecule has 2 unspecified atom stereocenters. The van der Waals surface area contributed by atoms with Crippen LogP contribution in [0, 0.1) is 11.3 Å². The van der Waals surface area contributed by atoms with Crippen molar-refractivity contribution in [3.8, 4) is 11.8 Å². The third kappa shape index (κ3) is 3.84. The number of anilines is 2. The molecule has 2 bridgehead atoms. The number of hydrogen-bond donors (Lipinski definition) is 0. The van der Waals surface area contributed by atoms with Gasteiger partial charge in [0.25, 0.3) is 5.91 Å². The van der Waals surface area contributed by atoms with E-state index in [-0.39, 0.29) is 22.8 Å². The number of nitriles is 1. The van der Waals surface area contributed by atoms with Gasteiger partial charge in [0, 0.05) is 17.8 Å². The first-order valence-corrected chi connectivity index (χ1v) is 13.2. The molecule has 198 valence electrons. The standard InChI is InChI=1S/C27H26F3N5O2S/c1-33-17-3-4-18(33)12-21(11-17)37-20-7-5-16(6-8-20)35-25(38)34(24(36)26(35)9-2-10-26)19-13-22(27(28,29)30)23(14-31)32-15-19/h5-8,13,15,17-18,21H,2-4,9-12H2,1H3. The largest absolute Gasteiger partial charge is 0.490 e. The van der Waals surface area contributed by atoms with Crippen LogP contribution in [0.4, 0.5) is 24.5 Å². The fourth-order valence-electron chi connectivity index (χ4n) is 6.41. The van der Waals surface area contributed by atoms with Crippen molar-refractivity contribution in [3.05, 3.63) is 47.8 Å². The molecule has 0 N–H and O–H groups in total. The van der Waals surface area contributed by atoms with Crippen molar-refractivity contribution >= 4 is 34.6 Å². The molecule has 7 nitrogen and oxygen atoms in total. The van der Waals surface area contributed by atoms with Crippen molar-refractivity contribution < 1.29 is 22.7 Å². The number of fused-ring (bicyclic) bond motifs is 2. The first kappa shape index (κ1) is 25.1. The number of pyridine rings is 1. The van der Waals surface area contributed by atoms with Crippen molar-refractivity contribution in [2.24, 2.45) is 0 Å². The summed E-state index contributed by atoms with van der Waals surface area (Å²) < 4.78 is 47.1. The maximum atomic E-state index is 13.6. The maximum Gasteiger partial charge on any atom is 0.419 e. The molecule has 4 heterocycles. The van der Waals surface area contributed by atoms with E-state index in [0.717, 1.165) is 42.2 Å². The minimum Gasteiger partial charge on any atom is -0.490 e. The third-order valence-corrected chi connectivity index (χ3v) is 8.95. The van der Waals surface area contributed by atoms with Crippen molar-refractivity contribution in [3.63, 3.8) is 0 Å². The van der Waals surface area contributed by atoms with Crippen molar-refractivity contribution in [2.45, 2.75) is 74.8 Å². The summed E-state index contributed by atoms with van der Waals surface area (Å²) >= 11 is 5.68. The number of carbonyl (C=O) groups is 1. The summed E-state index contributed by atoms with van der Waals surface area (Å²) in [6.07, 6.45) is 2.74. The highest BCUT2D eigenvalue weighted by atomic mass is 32.1. The molecule has 4 fully saturated rings. The van der Waals surface area contributed by atoms with E-state index in [9.17, 15) is 18.0 Å². The molecule has 1 aromatic carbocycles. The molecule has 1 aliphatic carbocycles. The molecule has 0 radical (unpaired) electrons. The number of piperidine rings is 1. The number of ether oxygens (including phenoxy) is 1. The van der Waals surface area contributed by atoms with Gasteiger partial charge in [-0.15, -0.1) is 0 Å². The van der Waals surface area contributed by atoms with Crippen LogP contribution < -0.4 is 14.5 Å². The van der Waals surface area contributed by atoms with Crippen LogP contribution in [0.2, 0.25) is 0 Å². The van der Waals surface area contributed by atoms with Crippen molar-refractivity contribution in [1.29, 1.82) is 5.26 Å². The third-order valence-electron chi connectivity index (χ3n) is 8.59. The van der Waals surface area contributed by atoms with Crippen molar-refractivity contribution in [2.75, 3.05) is 16.8 Å². The second kappa shape index (κ2) is 8.92. The average Bonchev–Trinajstić information content (AvgIpc) is 3.20. The molecule has 6 rings (SSSR count). The Labute approximate surface area is 223 Å². The number of halogens is 3. The number of benzene rings is 1. The summed E-state index contributed by atoms with van der Waals surface area (Å²) in [7, 11) is 2.19. The Bertz CT molecular complexity index is 1320. The predicted octanol–water partition coefficient (Wildman–Crippen LogP) is 5.04. The minimum atomic E-state index is -4.80. The molecule has 38 heavy (non-hydrogen) atoms. The van der Waals surface area contributed by atoms with Crippen LogP contribution in [0.25, 0.3) is 0 Å². The number of hydrogen-bond acceptors (Lipinski definition) is 6. The summed E-state index contributed by atoms with van der Waals surface area (Å²) in [6.45, 7) is 0. The van der Waals surface area contributed by atoms with Gasteiger partial charge in [-0.1, -0.05) is 0 Å². The SMILES string of the molecule is CN1C2CCC1CC(Oc1ccc(N3C(=S)N(c4cnc(C#N)c(C(F)(F)F)c4)C(=O)C34CCC4)cc1)C2. The molecule has 2 aromatic rings. The summed E-state index contributed by atoms with van der Waals surface area (Å²) in [6, 6.07) is 10.8. The molecule has 1 amide bonds. The predicted molar refractivity (Wildman–Crippen MR) is 138 cm³/mol. The highest BCUT2D eigenvalue weighted by molar-refractivity contribution is 7.81. The van der Waals surface area contributed by atoms with Gasteiger partial charge >= 0.3 is 6.18 Å². The molecule has 1 aromatic heterocycles. The number of amides is 1. The number of aromatic nitrogens is 1. The van der Waals surface area contributed by atoms with Crippen molar-refractivity contribution in [1.82, 2.24) is 9.88 Å². The Hall–Kier alpha value is -3.23. The lowest BCUT2D eigenvalue weighted by Gasteiger charge is -2.43. The number of alkyl halides is 3. The van der Waals surface area contributed by atoms with Gasteiger partial charge in [0.05, 0.1) is 17.4 Å². The van der Waals surface area contributed by atoms with E-state index in [4.69, 9.17) is 22.2 Å². The second-order valence-electron chi connectivity index (χ2n) is 10.6. The van der Waals surface area contributed by atoms with Crippen LogP contribution in [0.5, 0.6) is 5.75 Å². The van der Waals surface area contributed by atoms with E-state index in [2.05, 4.69) is 16.9 Å². The highest BCUT2D eigenvalue weighted by Crippen LogP contribution is 2.48. The second-order valence-corrected chi connectivity index (χ2v) is 11.0. The van der Waals surface area contributed by atoms with Gasteiger partial charge in [-0.3, -0.25) is 9.69 Å². The molecule has 3 aliphatic heterocycles. The zero-order valence-corrected chi connectivity index (χ0v) is 21.6. The smallest absolute Gasteiger partial charge is 0.419 e. The molecule has 11 heteroatoms. The summed E-state index contributed by atoms with van der Waals surface area (Å²) in [4.78, 5) is 22.6. The molecular weight excluding hydrogens is 515 g/mol. The quantitative estimate of drug-likeness (QED) is 0.503. The van der Waals surface area contributed by atoms with E-state index in [1.807, 2.05) is 24.3 Å². The first-order chi connectivity index (χ1) is 18.1. The summed E-state index contributed by atoms with van der Waals surface area (Å²) in [5, 5.41) is 9.18. The van der Waals surface area contributed by atoms with Gasteiger partial charge in [0.1, 0.15) is 23.5 Å². The van der Waals surface area contributed by atoms with Gasteiger partial charge in [-0.05, 0) is 94.5 Å². The molecular formula is C27H26F3N5O2S. The van der Waals surface area contributed by atoms with Gasteiger partial charge < -0.3 is 14.5 Å². The Kier molecular flexibility index (Phi) is 5.88.